The molecule has 0 atom stereocenters. The highest BCUT2D eigenvalue weighted by atomic mass is 79.9. The minimum absolute atomic E-state index is 0.122. The Labute approximate surface area is 269 Å². The van der Waals surface area contributed by atoms with E-state index in [4.69, 9.17) is 30.2 Å². The van der Waals surface area contributed by atoms with Crippen molar-refractivity contribution in [3.63, 3.8) is 0 Å². The van der Waals surface area contributed by atoms with E-state index in [1.165, 1.54) is 17.6 Å². The van der Waals surface area contributed by atoms with Crippen molar-refractivity contribution in [2.45, 2.75) is 34.0 Å². The third kappa shape index (κ3) is 7.72. The van der Waals surface area contributed by atoms with Crippen LogP contribution in [0.2, 0.25) is 5.02 Å². The van der Waals surface area contributed by atoms with Gasteiger partial charge < -0.3 is 23.2 Å². The van der Waals surface area contributed by atoms with Crippen LogP contribution in [0.4, 0.5) is 0 Å². The maximum absolute atomic E-state index is 12.6. The van der Waals surface area contributed by atoms with Crippen molar-refractivity contribution >= 4 is 39.7 Å². The van der Waals surface area contributed by atoms with Crippen LogP contribution in [0.25, 0.3) is 5.69 Å². The summed E-state index contributed by atoms with van der Waals surface area (Å²) in [5, 5.41) is 4.75. The highest BCUT2D eigenvalue weighted by Gasteiger charge is 2.14. The zero-order chi connectivity index (χ0) is 31.1. The van der Waals surface area contributed by atoms with E-state index in [1.807, 2.05) is 61.5 Å². The number of rotatable bonds is 12. The fraction of sp³-hybridized carbons (Fsp3) is 0.176. The van der Waals surface area contributed by atoms with Crippen LogP contribution in [0, 0.1) is 13.8 Å². The molecule has 2 heterocycles. The zero-order valence-electron chi connectivity index (χ0n) is 24.5. The van der Waals surface area contributed by atoms with Crippen LogP contribution in [-0.2, 0) is 13.2 Å². The number of nitrogens with zero attached hydrogens (tertiary/aromatic N) is 2. The molecule has 0 aliphatic carbocycles. The number of furan rings is 1. The van der Waals surface area contributed by atoms with Crippen LogP contribution in [-0.4, -0.2) is 23.3 Å². The molecule has 0 saturated carbocycles. The van der Waals surface area contributed by atoms with E-state index in [-0.39, 0.29) is 12.4 Å². The molecule has 0 aliphatic rings. The molecule has 5 aromatic rings. The van der Waals surface area contributed by atoms with Gasteiger partial charge in [0, 0.05) is 22.1 Å². The highest BCUT2D eigenvalue weighted by Crippen LogP contribution is 2.37. The molecule has 2 aromatic heterocycles. The summed E-state index contributed by atoms with van der Waals surface area (Å²) < 4.78 is 26.2. The molecular weight excluding hydrogens is 646 g/mol. The quantitative estimate of drug-likeness (QED) is 0.106. The first-order valence-electron chi connectivity index (χ1n) is 13.9. The van der Waals surface area contributed by atoms with Crippen LogP contribution in [0.1, 0.15) is 45.8 Å². The number of carbonyl (C=O) groups excluding carboxylic acids is 1. The van der Waals surface area contributed by atoms with E-state index >= 15 is 0 Å². The van der Waals surface area contributed by atoms with Crippen molar-refractivity contribution < 1.29 is 23.4 Å². The number of ether oxygens (including phenoxy) is 3. The fourth-order valence-electron chi connectivity index (χ4n) is 4.52. The van der Waals surface area contributed by atoms with Gasteiger partial charge in [0.1, 0.15) is 24.7 Å². The number of nitrogens with one attached hydrogen (secondary N) is 1. The van der Waals surface area contributed by atoms with E-state index in [1.54, 1.807) is 18.2 Å². The summed E-state index contributed by atoms with van der Waals surface area (Å²) in [5.41, 5.74) is 7.56. The fourth-order valence-corrected chi connectivity index (χ4v) is 5.22. The number of hydrogen-bond acceptors (Lipinski definition) is 6. The smallest absolute Gasteiger partial charge is 0.307 e. The number of halogens is 2. The lowest BCUT2D eigenvalue weighted by Gasteiger charge is -2.14. The summed E-state index contributed by atoms with van der Waals surface area (Å²) in [6, 6.07) is 26.3. The molecule has 10 heteroatoms. The van der Waals surface area contributed by atoms with Crippen LogP contribution < -0.4 is 19.6 Å². The van der Waals surface area contributed by atoms with Gasteiger partial charge in [0.05, 0.1) is 17.3 Å². The average Bonchev–Trinajstić information content (AvgIpc) is 3.63. The summed E-state index contributed by atoms with van der Waals surface area (Å²) in [6.07, 6.45) is 1.52. The Morgan fingerprint density at radius 2 is 1.66 bits per heavy atom. The van der Waals surface area contributed by atoms with Gasteiger partial charge in [0.2, 0.25) is 0 Å². The van der Waals surface area contributed by atoms with Gasteiger partial charge in [-0.25, -0.2) is 5.43 Å². The molecule has 0 bridgehead atoms. The number of hydrogen-bond donors (Lipinski definition) is 1. The van der Waals surface area contributed by atoms with E-state index in [9.17, 15) is 4.79 Å². The van der Waals surface area contributed by atoms with E-state index < -0.39 is 5.91 Å². The largest absolute Gasteiger partial charge is 0.490 e. The number of hydrazone groups is 1. The lowest BCUT2D eigenvalue weighted by molar-refractivity contribution is 0.0923. The Morgan fingerprint density at radius 3 is 2.36 bits per heavy atom. The second kappa shape index (κ2) is 14.3. The SMILES string of the molecule is CCOc1cc(/C=N/NC(=O)c2ccc(COc3ccc(-n4c(C)ccc4C)cc3)o2)cc(Br)c1OCc1ccc(Cl)cc1. The van der Waals surface area contributed by atoms with Crippen molar-refractivity contribution in [1.29, 1.82) is 0 Å². The first-order valence-corrected chi connectivity index (χ1v) is 15.1. The van der Waals surface area contributed by atoms with Crippen LogP contribution in [0.3, 0.4) is 0 Å². The van der Waals surface area contributed by atoms with Crippen molar-refractivity contribution in [1.82, 2.24) is 9.99 Å². The van der Waals surface area contributed by atoms with Crippen molar-refractivity contribution in [3.05, 3.63) is 128 Å². The summed E-state index contributed by atoms with van der Waals surface area (Å²) in [6.45, 7) is 7.01. The van der Waals surface area contributed by atoms with E-state index in [0.717, 1.165) is 11.3 Å². The molecule has 3 aromatic carbocycles. The first kappa shape index (κ1) is 31.0. The first-order chi connectivity index (χ1) is 21.3. The topological polar surface area (TPSA) is 87.2 Å². The molecule has 1 N–H and O–H groups in total. The number of amides is 1. The molecule has 0 spiro atoms. The lowest BCUT2D eigenvalue weighted by Crippen LogP contribution is -2.16. The third-order valence-corrected chi connectivity index (χ3v) is 7.48. The van der Waals surface area contributed by atoms with Crippen molar-refractivity contribution in [3.8, 4) is 22.9 Å². The lowest BCUT2D eigenvalue weighted by atomic mass is 10.2. The van der Waals surface area contributed by atoms with Gasteiger partial charge in [-0.1, -0.05) is 23.7 Å². The summed E-state index contributed by atoms with van der Waals surface area (Å²) in [5.74, 6) is 1.96. The highest BCUT2D eigenvalue weighted by molar-refractivity contribution is 9.10. The van der Waals surface area contributed by atoms with Gasteiger partial charge in [-0.05, 0) is 121 Å². The van der Waals surface area contributed by atoms with Gasteiger partial charge in [-0.2, -0.15) is 5.10 Å². The van der Waals surface area contributed by atoms with Gasteiger partial charge in [0.25, 0.3) is 0 Å². The summed E-state index contributed by atoms with van der Waals surface area (Å²) in [4.78, 5) is 12.6. The second-order valence-electron chi connectivity index (χ2n) is 9.88. The van der Waals surface area contributed by atoms with Gasteiger partial charge in [-0.3, -0.25) is 4.79 Å². The molecule has 226 valence electrons. The molecule has 8 nitrogen and oxygen atoms in total. The third-order valence-electron chi connectivity index (χ3n) is 6.64. The summed E-state index contributed by atoms with van der Waals surface area (Å²) >= 11 is 9.53. The predicted molar refractivity (Wildman–Crippen MR) is 174 cm³/mol. The molecule has 44 heavy (non-hydrogen) atoms. The molecule has 0 radical (unpaired) electrons. The molecular formula is C34H31BrClN3O5. The number of benzene rings is 3. The Morgan fingerprint density at radius 1 is 0.932 bits per heavy atom. The monoisotopic (exact) mass is 675 g/mol. The minimum atomic E-state index is -0.485. The maximum atomic E-state index is 12.6. The van der Waals surface area contributed by atoms with E-state index in [0.29, 0.717) is 51.3 Å². The Kier molecular flexibility index (Phi) is 10.1. The van der Waals surface area contributed by atoms with Crippen molar-refractivity contribution in [2.24, 2.45) is 5.10 Å². The number of carbonyl (C=O) groups is 1. The predicted octanol–water partition coefficient (Wildman–Crippen LogP) is 8.42. The van der Waals surface area contributed by atoms with E-state index in [2.05, 4.69) is 57.0 Å². The van der Waals surface area contributed by atoms with Gasteiger partial charge >= 0.3 is 5.91 Å². The Balaban J connectivity index is 1.15. The van der Waals surface area contributed by atoms with Crippen molar-refractivity contribution in [2.75, 3.05) is 6.61 Å². The maximum Gasteiger partial charge on any atom is 0.307 e. The molecule has 0 aliphatic heterocycles. The normalized spacial score (nSPS) is 11.1. The van der Waals surface area contributed by atoms with Crippen LogP contribution >= 0.6 is 27.5 Å². The molecule has 5 rings (SSSR count). The average molecular weight is 677 g/mol. The van der Waals surface area contributed by atoms with Crippen LogP contribution in [0.5, 0.6) is 17.2 Å². The Bertz CT molecular complexity index is 1740. The molecule has 0 unspecified atom stereocenters. The second-order valence-corrected chi connectivity index (χ2v) is 11.2. The molecule has 0 fully saturated rings. The number of aryl methyl sites for hydroxylation is 2. The van der Waals surface area contributed by atoms with Gasteiger partial charge in [0.15, 0.2) is 17.3 Å². The zero-order valence-corrected chi connectivity index (χ0v) is 26.8. The molecule has 1 amide bonds. The number of aromatic nitrogens is 1. The minimum Gasteiger partial charge on any atom is -0.490 e. The van der Waals surface area contributed by atoms with Gasteiger partial charge in [-0.15, -0.1) is 0 Å². The van der Waals surface area contributed by atoms with Crippen LogP contribution in [0.15, 0.2) is 98.9 Å². The standard InChI is InChI=1S/C34H31BrClN3O5/c1-4-41-32-18-25(17-30(35)33(32)43-20-24-7-9-26(36)10-8-24)19-37-38-34(40)31-16-15-29(44-31)21-42-28-13-11-27(12-14-28)39-22(2)5-6-23(39)3/h5-19H,4,20-21H2,1-3H3,(H,38,40)/b37-19+. The Hall–Kier alpha value is -4.47. The summed E-state index contributed by atoms with van der Waals surface area (Å²) in [7, 11) is 0. The molecule has 0 saturated heterocycles.